The Labute approximate surface area is 180 Å². The number of amides is 1. The summed E-state index contributed by atoms with van der Waals surface area (Å²) in [6.45, 7) is 5.31. The van der Waals surface area contributed by atoms with E-state index in [-0.39, 0.29) is 5.69 Å². The first-order valence-corrected chi connectivity index (χ1v) is 11.2. The van der Waals surface area contributed by atoms with Gasteiger partial charge in [0.25, 0.3) is 11.6 Å². The van der Waals surface area contributed by atoms with Crippen LogP contribution in [0, 0.1) is 10.1 Å². The Morgan fingerprint density at radius 1 is 1.26 bits per heavy atom. The molecule has 0 aliphatic heterocycles. The second-order valence-corrected chi connectivity index (χ2v) is 8.50. The van der Waals surface area contributed by atoms with Crippen LogP contribution in [0.15, 0.2) is 53.6 Å². The first-order chi connectivity index (χ1) is 14.5. The summed E-state index contributed by atoms with van der Waals surface area (Å²) in [5, 5.41) is 14.9. The summed E-state index contributed by atoms with van der Waals surface area (Å²) in [5.41, 5.74) is 3.31. The molecule has 166 valence electrons. The number of anilines is 1. The number of hydrazone groups is 1. The third-order valence-electron chi connectivity index (χ3n) is 4.30. The number of nitro benzene ring substituents is 1. The molecule has 0 aliphatic rings. The number of carbonyl (C=O) groups is 1. The van der Waals surface area contributed by atoms with Crippen LogP contribution in [0.1, 0.15) is 26.3 Å². The largest absolute Gasteiger partial charge is 0.494 e. The van der Waals surface area contributed by atoms with Crippen LogP contribution >= 0.6 is 0 Å². The Morgan fingerprint density at radius 2 is 1.90 bits per heavy atom. The molecule has 0 radical (unpaired) electrons. The van der Waals surface area contributed by atoms with E-state index in [4.69, 9.17) is 4.74 Å². The standard InChI is InChI=1S/C20H24N4O6S/c1-5-30-19-11-9-17(10-12-19)23(31(4,28)29)15(3)20(25)22-21-14(2)16-7-6-8-18(13-16)24(26)27/h6-13,15H,5H2,1-4H3,(H,22,25)/b21-14-/t15-/m0/s1. The van der Waals surface area contributed by atoms with Gasteiger partial charge in [-0.3, -0.25) is 19.2 Å². The zero-order chi connectivity index (χ0) is 23.2. The molecule has 1 amide bonds. The minimum absolute atomic E-state index is 0.106. The van der Waals surface area contributed by atoms with Crippen molar-refractivity contribution in [3.8, 4) is 5.75 Å². The number of non-ortho nitro benzene ring substituents is 1. The topological polar surface area (TPSA) is 131 Å². The lowest BCUT2D eigenvalue weighted by molar-refractivity contribution is -0.384. The van der Waals surface area contributed by atoms with Gasteiger partial charge in [-0.15, -0.1) is 0 Å². The van der Waals surface area contributed by atoms with Crippen molar-refractivity contribution in [2.24, 2.45) is 5.10 Å². The van der Waals surface area contributed by atoms with Crippen molar-refractivity contribution in [3.05, 3.63) is 64.2 Å². The molecule has 0 saturated carbocycles. The minimum Gasteiger partial charge on any atom is -0.494 e. The fraction of sp³-hybridized carbons (Fsp3) is 0.300. The molecule has 0 spiro atoms. The Balaban J connectivity index is 2.22. The zero-order valence-corrected chi connectivity index (χ0v) is 18.4. The number of sulfonamides is 1. The van der Waals surface area contributed by atoms with Crippen LogP contribution in [0.4, 0.5) is 11.4 Å². The van der Waals surface area contributed by atoms with E-state index in [2.05, 4.69) is 10.5 Å². The van der Waals surface area contributed by atoms with Crippen LogP contribution in [0.5, 0.6) is 5.75 Å². The number of nitro groups is 1. The Kier molecular flexibility index (Phi) is 7.70. The average molecular weight is 449 g/mol. The highest BCUT2D eigenvalue weighted by Gasteiger charge is 2.29. The molecule has 1 atom stereocenters. The summed E-state index contributed by atoms with van der Waals surface area (Å²) in [4.78, 5) is 23.0. The molecule has 0 saturated heterocycles. The maximum atomic E-state index is 12.6. The quantitative estimate of drug-likeness (QED) is 0.356. The highest BCUT2D eigenvalue weighted by Crippen LogP contribution is 2.24. The third kappa shape index (κ3) is 6.25. The minimum atomic E-state index is -3.78. The smallest absolute Gasteiger partial charge is 0.270 e. The second-order valence-electron chi connectivity index (χ2n) is 6.64. The van der Waals surface area contributed by atoms with Crippen molar-refractivity contribution in [1.29, 1.82) is 0 Å². The first-order valence-electron chi connectivity index (χ1n) is 9.35. The molecule has 2 rings (SSSR count). The van der Waals surface area contributed by atoms with E-state index in [0.717, 1.165) is 10.6 Å². The van der Waals surface area contributed by atoms with Gasteiger partial charge in [-0.2, -0.15) is 5.10 Å². The second kappa shape index (κ2) is 10.0. The molecule has 0 aromatic heterocycles. The highest BCUT2D eigenvalue weighted by atomic mass is 32.2. The molecular formula is C20H24N4O6S. The van der Waals surface area contributed by atoms with Gasteiger partial charge >= 0.3 is 0 Å². The van der Waals surface area contributed by atoms with Crippen molar-refractivity contribution >= 4 is 33.0 Å². The Hall–Kier alpha value is -3.47. The van der Waals surface area contributed by atoms with Crippen LogP contribution in [-0.2, 0) is 14.8 Å². The van der Waals surface area contributed by atoms with E-state index >= 15 is 0 Å². The summed E-state index contributed by atoms with van der Waals surface area (Å²) >= 11 is 0. The van der Waals surface area contributed by atoms with Gasteiger partial charge in [0.05, 0.1) is 29.2 Å². The molecule has 0 fully saturated rings. The van der Waals surface area contributed by atoms with E-state index in [9.17, 15) is 23.3 Å². The predicted octanol–water partition coefficient (Wildman–Crippen LogP) is 2.69. The van der Waals surface area contributed by atoms with E-state index in [1.807, 2.05) is 6.92 Å². The number of rotatable bonds is 9. The summed E-state index contributed by atoms with van der Waals surface area (Å²) in [7, 11) is -3.78. The van der Waals surface area contributed by atoms with Gasteiger partial charge in [0.15, 0.2) is 0 Å². The molecule has 0 aliphatic carbocycles. The van der Waals surface area contributed by atoms with Gasteiger partial charge in [-0.1, -0.05) is 12.1 Å². The van der Waals surface area contributed by atoms with E-state index in [1.54, 1.807) is 37.3 Å². The summed E-state index contributed by atoms with van der Waals surface area (Å²) < 4.78 is 31.1. The monoisotopic (exact) mass is 448 g/mol. The number of nitrogens with zero attached hydrogens (tertiary/aromatic N) is 3. The number of hydrogen-bond donors (Lipinski definition) is 1. The highest BCUT2D eigenvalue weighted by molar-refractivity contribution is 7.92. The van der Waals surface area contributed by atoms with Crippen molar-refractivity contribution < 1.29 is 22.9 Å². The maximum Gasteiger partial charge on any atom is 0.270 e. The molecule has 1 N–H and O–H groups in total. The summed E-state index contributed by atoms with van der Waals surface area (Å²) in [6, 6.07) is 11.0. The van der Waals surface area contributed by atoms with E-state index in [0.29, 0.717) is 29.3 Å². The zero-order valence-electron chi connectivity index (χ0n) is 17.6. The summed E-state index contributed by atoms with van der Waals surface area (Å²) in [5.74, 6) is -0.0851. The molecule has 11 heteroatoms. The van der Waals surface area contributed by atoms with Crippen molar-refractivity contribution in [2.75, 3.05) is 17.2 Å². The molecular weight excluding hydrogens is 424 g/mol. The first kappa shape index (κ1) is 23.8. The number of ether oxygens (including phenoxy) is 1. The number of nitrogens with one attached hydrogen (secondary N) is 1. The maximum absolute atomic E-state index is 12.6. The normalized spacial score (nSPS) is 12.7. The van der Waals surface area contributed by atoms with Crippen LogP contribution in [0.25, 0.3) is 0 Å². The molecule has 0 heterocycles. The van der Waals surface area contributed by atoms with Crippen molar-refractivity contribution in [1.82, 2.24) is 5.43 Å². The summed E-state index contributed by atoms with van der Waals surface area (Å²) in [6.07, 6.45) is 1.00. The van der Waals surface area contributed by atoms with Gasteiger partial charge < -0.3 is 4.74 Å². The predicted molar refractivity (Wildman–Crippen MR) is 118 cm³/mol. The Bertz CT molecular complexity index is 1080. The van der Waals surface area contributed by atoms with Crippen molar-refractivity contribution in [2.45, 2.75) is 26.8 Å². The van der Waals surface area contributed by atoms with Crippen LogP contribution < -0.4 is 14.5 Å². The molecule has 31 heavy (non-hydrogen) atoms. The van der Waals surface area contributed by atoms with Gasteiger partial charge in [-0.25, -0.2) is 13.8 Å². The lowest BCUT2D eigenvalue weighted by Crippen LogP contribution is -2.46. The molecule has 2 aromatic rings. The number of hydrogen-bond acceptors (Lipinski definition) is 7. The van der Waals surface area contributed by atoms with Crippen LogP contribution in [-0.4, -0.2) is 43.9 Å². The lowest BCUT2D eigenvalue weighted by atomic mass is 10.1. The van der Waals surface area contributed by atoms with Gasteiger partial charge in [0.2, 0.25) is 10.0 Å². The number of benzene rings is 2. The van der Waals surface area contributed by atoms with E-state index in [1.165, 1.54) is 25.1 Å². The average Bonchev–Trinajstić information content (AvgIpc) is 2.72. The SMILES string of the molecule is CCOc1ccc(N([C@@H](C)C(=O)N/N=C(/C)c2cccc([N+](=O)[O-])c2)S(C)(=O)=O)cc1. The molecule has 10 nitrogen and oxygen atoms in total. The van der Waals surface area contributed by atoms with Crippen LogP contribution in [0.3, 0.4) is 0 Å². The van der Waals surface area contributed by atoms with Gasteiger partial charge in [-0.05, 0) is 45.0 Å². The molecule has 0 bridgehead atoms. The lowest BCUT2D eigenvalue weighted by Gasteiger charge is -2.27. The van der Waals surface area contributed by atoms with Gasteiger partial charge in [0.1, 0.15) is 11.8 Å². The number of carbonyl (C=O) groups excluding carboxylic acids is 1. The van der Waals surface area contributed by atoms with Gasteiger partial charge in [0, 0.05) is 17.7 Å². The molecule has 2 aromatic carbocycles. The van der Waals surface area contributed by atoms with Crippen LogP contribution in [0.2, 0.25) is 0 Å². The van der Waals surface area contributed by atoms with Crippen molar-refractivity contribution in [3.63, 3.8) is 0 Å². The Morgan fingerprint density at radius 3 is 2.45 bits per heavy atom. The molecule has 0 unspecified atom stereocenters. The fourth-order valence-electron chi connectivity index (χ4n) is 2.81. The fourth-order valence-corrected chi connectivity index (χ4v) is 3.98. The van der Waals surface area contributed by atoms with E-state index < -0.39 is 26.9 Å². The third-order valence-corrected chi connectivity index (χ3v) is 5.54.